The third kappa shape index (κ3) is 5.60. The van der Waals surface area contributed by atoms with Crippen molar-refractivity contribution in [2.45, 2.75) is 18.5 Å². The zero-order chi connectivity index (χ0) is 11.8. The average Bonchev–Trinajstić information content (AvgIpc) is 2.21. The number of thioether (sulfide) groups is 1. The molecule has 15 heavy (non-hydrogen) atoms. The maximum atomic E-state index is 11.3. The molecular formula is C8H16N2O4S. The Morgan fingerprint density at radius 3 is 2.53 bits per heavy atom. The number of carbonyl (C=O) groups excluding carboxylic acids is 1. The van der Waals surface area contributed by atoms with Crippen LogP contribution >= 0.6 is 11.8 Å². The van der Waals surface area contributed by atoms with Crippen LogP contribution in [0.3, 0.4) is 0 Å². The van der Waals surface area contributed by atoms with Crippen LogP contribution in [0.5, 0.6) is 0 Å². The Kier molecular flexibility index (Phi) is 7.10. The van der Waals surface area contributed by atoms with Crippen molar-refractivity contribution in [1.82, 2.24) is 5.32 Å². The quantitative estimate of drug-likeness (QED) is 0.434. The number of hydrogen-bond acceptors (Lipinski definition) is 5. The number of aliphatic carboxylic acids is 1. The van der Waals surface area contributed by atoms with Crippen LogP contribution in [0.1, 0.15) is 6.42 Å². The summed E-state index contributed by atoms with van der Waals surface area (Å²) in [6, 6.07) is -2.01. The van der Waals surface area contributed by atoms with Gasteiger partial charge in [-0.25, -0.2) is 4.79 Å². The molecule has 0 aliphatic rings. The van der Waals surface area contributed by atoms with Gasteiger partial charge in [-0.2, -0.15) is 11.8 Å². The van der Waals surface area contributed by atoms with E-state index in [9.17, 15) is 9.59 Å². The summed E-state index contributed by atoms with van der Waals surface area (Å²) in [5, 5.41) is 19.4. The molecule has 2 atom stereocenters. The predicted octanol–water partition coefficient (Wildman–Crippen LogP) is -1.37. The Bertz CT molecular complexity index is 225. The third-order valence-electron chi connectivity index (χ3n) is 1.77. The molecule has 0 aromatic rings. The molecule has 88 valence electrons. The van der Waals surface area contributed by atoms with E-state index in [1.807, 2.05) is 6.26 Å². The summed E-state index contributed by atoms with van der Waals surface area (Å²) < 4.78 is 0. The van der Waals surface area contributed by atoms with Crippen molar-refractivity contribution in [2.24, 2.45) is 5.73 Å². The van der Waals surface area contributed by atoms with Gasteiger partial charge in [0.05, 0.1) is 12.6 Å². The van der Waals surface area contributed by atoms with Crippen molar-refractivity contribution in [3.63, 3.8) is 0 Å². The molecule has 0 unspecified atom stereocenters. The number of aliphatic hydroxyl groups excluding tert-OH is 1. The third-order valence-corrected chi connectivity index (χ3v) is 2.41. The second kappa shape index (κ2) is 7.49. The Morgan fingerprint density at radius 1 is 1.53 bits per heavy atom. The first-order chi connectivity index (χ1) is 7.02. The summed E-state index contributed by atoms with van der Waals surface area (Å²) in [4.78, 5) is 21.8. The van der Waals surface area contributed by atoms with Gasteiger partial charge in [-0.1, -0.05) is 0 Å². The molecule has 0 spiro atoms. The largest absolute Gasteiger partial charge is 0.480 e. The van der Waals surface area contributed by atoms with Gasteiger partial charge in [-0.3, -0.25) is 4.79 Å². The molecule has 0 fully saturated rings. The lowest BCUT2D eigenvalue weighted by Crippen LogP contribution is -2.50. The van der Waals surface area contributed by atoms with Gasteiger partial charge in [0.25, 0.3) is 0 Å². The molecule has 0 saturated heterocycles. The van der Waals surface area contributed by atoms with E-state index in [0.29, 0.717) is 6.42 Å². The fraction of sp³-hybridized carbons (Fsp3) is 0.750. The van der Waals surface area contributed by atoms with Crippen LogP contribution in [-0.4, -0.2) is 52.8 Å². The van der Waals surface area contributed by atoms with E-state index in [-0.39, 0.29) is 0 Å². The lowest BCUT2D eigenvalue weighted by atomic mass is 10.2. The van der Waals surface area contributed by atoms with Crippen LogP contribution in [-0.2, 0) is 9.59 Å². The first-order valence-electron chi connectivity index (χ1n) is 4.41. The smallest absolute Gasteiger partial charge is 0.328 e. The SMILES string of the molecule is CSCC[C@H](N)C(=O)N[C@H](CO)C(=O)O. The van der Waals surface area contributed by atoms with Gasteiger partial charge < -0.3 is 21.3 Å². The van der Waals surface area contributed by atoms with Gasteiger partial charge in [0.15, 0.2) is 0 Å². The highest BCUT2D eigenvalue weighted by Gasteiger charge is 2.21. The van der Waals surface area contributed by atoms with Crippen molar-refractivity contribution < 1.29 is 19.8 Å². The standard InChI is InChI=1S/C8H16N2O4S/c1-15-3-2-5(9)7(12)10-6(4-11)8(13)14/h5-6,11H,2-4,9H2,1H3,(H,10,12)(H,13,14)/t5-,6+/m0/s1. The number of carbonyl (C=O) groups is 2. The predicted molar refractivity (Wildman–Crippen MR) is 57.6 cm³/mol. The van der Waals surface area contributed by atoms with E-state index >= 15 is 0 Å². The number of nitrogens with two attached hydrogens (primary N) is 1. The fourth-order valence-electron chi connectivity index (χ4n) is 0.840. The molecule has 0 aromatic carbocycles. The van der Waals surface area contributed by atoms with E-state index in [1.54, 1.807) is 11.8 Å². The van der Waals surface area contributed by atoms with Crippen LogP contribution in [0.4, 0.5) is 0 Å². The Hall–Kier alpha value is -0.790. The second-order valence-corrected chi connectivity index (χ2v) is 3.96. The molecule has 0 heterocycles. The summed E-state index contributed by atoms with van der Waals surface area (Å²) in [6.45, 7) is -0.643. The van der Waals surface area contributed by atoms with E-state index in [4.69, 9.17) is 15.9 Å². The zero-order valence-corrected chi connectivity index (χ0v) is 9.29. The van der Waals surface area contributed by atoms with Crippen LogP contribution in [0.15, 0.2) is 0 Å². The summed E-state index contributed by atoms with van der Waals surface area (Å²) in [5.74, 6) is -1.10. The zero-order valence-electron chi connectivity index (χ0n) is 8.47. The summed E-state index contributed by atoms with van der Waals surface area (Å²) in [6.07, 6.45) is 2.36. The van der Waals surface area contributed by atoms with E-state index in [2.05, 4.69) is 5.32 Å². The topological polar surface area (TPSA) is 113 Å². The summed E-state index contributed by atoms with van der Waals surface area (Å²) in [7, 11) is 0. The first kappa shape index (κ1) is 14.2. The van der Waals surface area contributed by atoms with Crippen LogP contribution in [0.2, 0.25) is 0 Å². The molecule has 6 nitrogen and oxygen atoms in total. The van der Waals surface area contributed by atoms with Crippen LogP contribution in [0, 0.1) is 0 Å². The minimum atomic E-state index is -1.28. The molecule has 0 rings (SSSR count). The molecule has 0 aliphatic carbocycles. The lowest BCUT2D eigenvalue weighted by Gasteiger charge is -2.15. The maximum absolute atomic E-state index is 11.3. The van der Waals surface area contributed by atoms with Gasteiger partial charge in [0, 0.05) is 0 Å². The van der Waals surface area contributed by atoms with Crippen LogP contribution in [0.25, 0.3) is 0 Å². The van der Waals surface area contributed by atoms with Gasteiger partial charge in [0.1, 0.15) is 6.04 Å². The van der Waals surface area contributed by atoms with Crippen molar-refractivity contribution in [2.75, 3.05) is 18.6 Å². The second-order valence-electron chi connectivity index (χ2n) is 2.97. The Morgan fingerprint density at radius 2 is 2.13 bits per heavy atom. The molecule has 5 N–H and O–H groups in total. The van der Waals surface area contributed by atoms with Gasteiger partial charge >= 0.3 is 5.97 Å². The molecule has 0 aromatic heterocycles. The Labute approximate surface area is 92.2 Å². The molecule has 0 saturated carbocycles. The van der Waals surface area contributed by atoms with E-state index in [1.165, 1.54) is 0 Å². The minimum absolute atomic E-state index is 0.477. The number of carboxylic acid groups (broad SMARTS) is 1. The molecule has 0 radical (unpaired) electrons. The van der Waals surface area contributed by atoms with Gasteiger partial charge in [0.2, 0.25) is 5.91 Å². The molecular weight excluding hydrogens is 220 g/mol. The van der Waals surface area contributed by atoms with Crippen molar-refractivity contribution in [3.8, 4) is 0 Å². The molecule has 0 bridgehead atoms. The average molecular weight is 236 g/mol. The number of nitrogens with one attached hydrogen (secondary N) is 1. The lowest BCUT2D eigenvalue weighted by molar-refractivity contribution is -0.143. The Balaban J connectivity index is 4.04. The summed E-state index contributed by atoms with van der Waals surface area (Å²) in [5.41, 5.74) is 5.51. The highest BCUT2D eigenvalue weighted by Crippen LogP contribution is 1.99. The van der Waals surface area contributed by atoms with Crippen LogP contribution < -0.4 is 11.1 Å². The van der Waals surface area contributed by atoms with Crippen molar-refractivity contribution in [1.29, 1.82) is 0 Å². The molecule has 1 amide bonds. The number of hydrogen-bond donors (Lipinski definition) is 4. The van der Waals surface area contributed by atoms with Crippen molar-refractivity contribution in [3.05, 3.63) is 0 Å². The number of amides is 1. The first-order valence-corrected chi connectivity index (χ1v) is 5.80. The summed E-state index contributed by atoms with van der Waals surface area (Å²) >= 11 is 1.55. The van der Waals surface area contributed by atoms with E-state index in [0.717, 1.165) is 5.75 Å². The molecule has 7 heteroatoms. The number of aliphatic hydroxyl groups is 1. The van der Waals surface area contributed by atoms with E-state index < -0.39 is 30.6 Å². The van der Waals surface area contributed by atoms with Gasteiger partial charge in [-0.15, -0.1) is 0 Å². The highest BCUT2D eigenvalue weighted by atomic mass is 32.2. The number of carboxylic acids is 1. The molecule has 0 aliphatic heterocycles. The normalized spacial score (nSPS) is 14.3. The van der Waals surface area contributed by atoms with Gasteiger partial charge in [-0.05, 0) is 18.4 Å². The minimum Gasteiger partial charge on any atom is -0.480 e. The highest BCUT2D eigenvalue weighted by molar-refractivity contribution is 7.98. The number of rotatable bonds is 7. The monoisotopic (exact) mass is 236 g/mol. The fourth-order valence-corrected chi connectivity index (χ4v) is 1.33. The maximum Gasteiger partial charge on any atom is 0.328 e. The van der Waals surface area contributed by atoms with Crippen molar-refractivity contribution >= 4 is 23.6 Å².